The molecular formula is C31H36N4O5. The predicted octanol–water partition coefficient (Wildman–Crippen LogP) is 4.90. The van der Waals surface area contributed by atoms with Gasteiger partial charge in [-0.1, -0.05) is 62.4 Å². The highest BCUT2D eigenvalue weighted by molar-refractivity contribution is 5.99. The number of aromatic nitrogens is 2. The van der Waals surface area contributed by atoms with Gasteiger partial charge < -0.3 is 19.9 Å². The Balaban J connectivity index is 1.83. The van der Waals surface area contributed by atoms with Crippen LogP contribution in [-0.4, -0.2) is 45.3 Å². The smallest absolute Gasteiger partial charge is 0.360 e. The Morgan fingerprint density at radius 2 is 1.77 bits per heavy atom. The fourth-order valence-electron chi connectivity index (χ4n) is 4.84. The van der Waals surface area contributed by atoms with Crippen LogP contribution in [-0.2, 0) is 27.2 Å². The number of hydrogen-bond donors (Lipinski definition) is 2. The van der Waals surface area contributed by atoms with Gasteiger partial charge in [0.1, 0.15) is 11.8 Å². The van der Waals surface area contributed by atoms with Crippen LogP contribution in [0.1, 0.15) is 66.5 Å². The number of nitrogens with one attached hydrogen (secondary N) is 1. The second-order valence-electron chi connectivity index (χ2n) is 10.3. The number of ether oxygens (including phenoxy) is 1. The van der Waals surface area contributed by atoms with Crippen molar-refractivity contribution in [2.45, 2.75) is 59.0 Å². The molecule has 3 N–H and O–H groups in total. The number of esters is 1. The Morgan fingerprint density at radius 3 is 2.48 bits per heavy atom. The van der Waals surface area contributed by atoms with Crippen molar-refractivity contribution in [3.05, 3.63) is 89.3 Å². The van der Waals surface area contributed by atoms with Gasteiger partial charge in [0.25, 0.3) is 0 Å². The summed E-state index contributed by atoms with van der Waals surface area (Å²) in [6.07, 6.45) is 2.42. The molecule has 0 aliphatic heterocycles. The summed E-state index contributed by atoms with van der Waals surface area (Å²) in [5.41, 5.74) is 8.91. The van der Waals surface area contributed by atoms with Crippen molar-refractivity contribution in [2.24, 2.45) is 11.7 Å². The number of H-pyrrole nitrogens is 1. The van der Waals surface area contributed by atoms with Gasteiger partial charge in [0.15, 0.2) is 5.69 Å². The van der Waals surface area contributed by atoms with Gasteiger partial charge in [-0.3, -0.25) is 14.5 Å². The number of rotatable bonds is 11. The van der Waals surface area contributed by atoms with Gasteiger partial charge in [-0.2, -0.15) is 0 Å². The average Bonchev–Trinajstić information content (AvgIpc) is 3.52. The molecule has 2 aromatic carbocycles. The number of nitrogens with two attached hydrogens (primary N) is 1. The summed E-state index contributed by atoms with van der Waals surface area (Å²) in [5.74, 6) is -1.15. The summed E-state index contributed by atoms with van der Waals surface area (Å²) in [5, 5.41) is 0.941. The highest BCUT2D eigenvalue weighted by Gasteiger charge is 2.38. The number of nitrogens with zero attached hydrogens (tertiary/aromatic N) is 2. The van der Waals surface area contributed by atoms with Gasteiger partial charge in [0.2, 0.25) is 17.7 Å². The molecule has 2 heterocycles. The van der Waals surface area contributed by atoms with E-state index in [4.69, 9.17) is 14.9 Å². The third kappa shape index (κ3) is 6.48. The van der Waals surface area contributed by atoms with Crippen molar-refractivity contribution in [3.63, 3.8) is 0 Å². The highest BCUT2D eigenvalue weighted by atomic mass is 16.5. The molecule has 0 fully saturated rings. The van der Waals surface area contributed by atoms with E-state index in [-0.39, 0.29) is 42.7 Å². The van der Waals surface area contributed by atoms with E-state index in [1.54, 1.807) is 13.8 Å². The van der Waals surface area contributed by atoms with Crippen LogP contribution in [0, 0.1) is 12.8 Å². The number of carbonyl (C=O) groups excluding carboxylic acids is 3. The van der Waals surface area contributed by atoms with Gasteiger partial charge in [0, 0.05) is 23.5 Å². The quantitative estimate of drug-likeness (QED) is 0.257. The van der Waals surface area contributed by atoms with E-state index in [9.17, 15) is 14.4 Å². The van der Waals surface area contributed by atoms with Crippen LogP contribution in [0.25, 0.3) is 10.9 Å². The summed E-state index contributed by atoms with van der Waals surface area (Å²) in [4.78, 5) is 49.4. The molecule has 2 amide bonds. The van der Waals surface area contributed by atoms with Crippen molar-refractivity contribution in [1.82, 2.24) is 14.9 Å². The molecule has 0 bridgehead atoms. The number of para-hydroxylation sites is 1. The second kappa shape index (κ2) is 12.7. The number of carbonyl (C=O) groups is 3. The van der Waals surface area contributed by atoms with Crippen LogP contribution >= 0.6 is 0 Å². The number of fused-ring (bicyclic) bond motifs is 1. The second-order valence-corrected chi connectivity index (χ2v) is 10.3. The van der Waals surface area contributed by atoms with E-state index in [0.717, 1.165) is 22.0 Å². The topological polar surface area (TPSA) is 132 Å². The molecular weight excluding hydrogens is 508 g/mol. The molecule has 0 saturated heterocycles. The molecule has 0 aliphatic rings. The first-order valence-corrected chi connectivity index (χ1v) is 13.5. The first kappa shape index (κ1) is 28.8. The molecule has 9 heteroatoms. The van der Waals surface area contributed by atoms with Crippen LogP contribution in [0.15, 0.2) is 65.2 Å². The van der Waals surface area contributed by atoms with E-state index in [1.165, 1.54) is 4.90 Å². The number of aryl methyl sites for hydroxylation is 1. The van der Waals surface area contributed by atoms with E-state index < -0.39 is 29.9 Å². The molecule has 0 spiro atoms. The molecule has 0 unspecified atom stereocenters. The number of aromatic amines is 1. The van der Waals surface area contributed by atoms with Crippen LogP contribution < -0.4 is 5.73 Å². The van der Waals surface area contributed by atoms with E-state index in [0.29, 0.717) is 6.42 Å². The Kier molecular flexibility index (Phi) is 9.16. The minimum atomic E-state index is -0.956. The van der Waals surface area contributed by atoms with Gasteiger partial charge >= 0.3 is 5.97 Å². The molecule has 0 radical (unpaired) electrons. The minimum absolute atomic E-state index is 0.00941. The minimum Gasteiger partial charge on any atom is -0.461 e. The largest absolute Gasteiger partial charge is 0.461 e. The van der Waals surface area contributed by atoms with Crippen LogP contribution in [0.5, 0.6) is 0 Å². The number of benzene rings is 2. The van der Waals surface area contributed by atoms with Crippen LogP contribution in [0.2, 0.25) is 0 Å². The molecule has 40 heavy (non-hydrogen) atoms. The average molecular weight is 545 g/mol. The summed E-state index contributed by atoms with van der Waals surface area (Å²) >= 11 is 0. The molecule has 0 saturated carbocycles. The lowest BCUT2D eigenvalue weighted by Crippen LogP contribution is -2.50. The Bertz CT molecular complexity index is 1470. The number of imide groups is 1. The van der Waals surface area contributed by atoms with Crippen molar-refractivity contribution in [3.8, 4) is 0 Å². The summed E-state index contributed by atoms with van der Waals surface area (Å²) in [6.45, 7) is 7.41. The standard InChI is InChI=1S/C31H36N4O5/c1-5-39-31(38)28-20(4)40-29(34-28)26(17-22-18-33-25-14-10-9-13-23(22)25)35(30(37)24(32)15-19(2)3)27(36)16-21-11-7-6-8-12-21/h6-14,18-19,24,26,33H,5,15-17,32H2,1-4H3/t24-,26+/m0/s1. The molecule has 4 aromatic rings. The Hall–Kier alpha value is -4.24. The van der Waals surface area contributed by atoms with Crippen molar-refractivity contribution in [1.29, 1.82) is 0 Å². The third-order valence-electron chi connectivity index (χ3n) is 6.71. The SMILES string of the molecule is CCOC(=O)c1nc([C@@H](Cc2c[nH]c3ccccc23)N(C(=O)Cc2ccccc2)C(=O)[C@@H](N)CC(C)C)oc1C. The molecule has 2 aromatic heterocycles. The van der Waals surface area contributed by atoms with Crippen molar-refractivity contribution in [2.75, 3.05) is 6.61 Å². The zero-order valence-electron chi connectivity index (χ0n) is 23.3. The van der Waals surface area contributed by atoms with Gasteiger partial charge in [-0.05, 0) is 43.4 Å². The maximum atomic E-state index is 14.0. The number of hydrogen-bond acceptors (Lipinski definition) is 7. The molecule has 210 valence electrons. The fourth-order valence-corrected chi connectivity index (χ4v) is 4.84. The van der Waals surface area contributed by atoms with E-state index in [2.05, 4.69) is 9.97 Å². The predicted molar refractivity (Wildman–Crippen MR) is 151 cm³/mol. The van der Waals surface area contributed by atoms with Crippen molar-refractivity contribution < 1.29 is 23.5 Å². The van der Waals surface area contributed by atoms with Gasteiger partial charge in [-0.15, -0.1) is 0 Å². The van der Waals surface area contributed by atoms with Gasteiger partial charge in [-0.25, -0.2) is 9.78 Å². The maximum absolute atomic E-state index is 14.0. The zero-order valence-corrected chi connectivity index (χ0v) is 23.3. The van der Waals surface area contributed by atoms with Crippen LogP contribution in [0.3, 0.4) is 0 Å². The summed E-state index contributed by atoms with van der Waals surface area (Å²) in [6, 6.07) is 15.1. The lowest BCUT2D eigenvalue weighted by atomic mass is 9.99. The normalized spacial score (nSPS) is 12.8. The summed E-state index contributed by atoms with van der Waals surface area (Å²) < 4.78 is 11.1. The molecule has 9 nitrogen and oxygen atoms in total. The lowest BCUT2D eigenvalue weighted by Gasteiger charge is -2.31. The summed E-state index contributed by atoms with van der Waals surface area (Å²) in [7, 11) is 0. The highest BCUT2D eigenvalue weighted by Crippen LogP contribution is 2.31. The fraction of sp³-hybridized carbons (Fsp3) is 0.355. The number of amides is 2. The molecule has 4 rings (SSSR count). The Morgan fingerprint density at radius 1 is 1.07 bits per heavy atom. The van der Waals surface area contributed by atoms with Crippen molar-refractivity contribution >= 4 is 28.7 Å². The molecule has 0 aliphatic carbocycles. The zero-order chi connectivity index (χ0) is 28.8. The van der Waals surface area contributed by atoms with E-state index >= 15 is 0 Å². The maximum Gasteiger partial charge on any atom is 0.360 e. The number of oxazole rings is 1. The van der Waals surface area contributed by atoms with E-state index in [1.807, 2.05) is 74.6 Å². The Labute approximate surface area is 233 Å². The first-order valence-electron chi connectivity index (χ1n) is 13.5. The molecule has 2 atom stereocenters. The van der Waals surface area contributed by atoms with Crippen LogP contribution in [0.4, 0.5) is 0 Å². The first-order chi connectivity index (χ1) is 19.2. The monoisotopic (exact) mass is 544 g/mol. The third-order valence-corrected chi connectivity index (χ3v) is 6.71. The lowest BCUT2D eigenvalue weighted by molar-refractivity contribution is -0.149. The van der Waals surface area contributed by atoms with Gasteiger partial charge in [0.05, 0.1) is 19.1 Å².